The highest BCUT2D eigenvalue weighted by Gasteiger charge is 2.61. The SMILES string of the molecule is CCC1(OC(=O)C2(CC(C)C)CCC2C)C2CC3CC(C2)CC1C3. The van der Waals surface area contributed by atoms with Crippen LogP contribution in [0, 0.1) is 40.9 Å². The molecule has 5 saturated carbocycles. The quantitative estimate of drug-likeness (QED) is 0.613. The van der Waals surface area contributed by atoms with Gasteiger partial charge in [-0.05, 0) is 93.3 Å². The van der Waals surface area contributed by atoms with Crippen LogP contribution in [0.3, 0.4) is 0 Å². The summed E-state index contributed by atoms with van der Waals surface area (Å²) in [6.45, 7) is 9.04. The van der Waals surface area contributed by atoms with E-state index in [1.165, 1.54) is 38.5 Å². The Balaban J connectivity index is 1.57. The second-order valence-corrected chi connectivity index (χ2v) is 10.2. The minimum atomic E-state index is -0.176. The number of esters is 1. The van der Waals surface area contributed by atoms with Crippen LogP contribution in [-0.2, 0) is 9.53 Å². The maximum atomic E-state index is 13.4. The molecular weight excluding hydrogens is 296 g/mol. The number of rotatable bonds is 5. The van der Waals surface area contributed by atoms with Gasteiger partial charge in [0.2, 0.25) is 0 Å². The van der Waals surface area contributed by atoms with Gasteiger partial charge in [-0.25, -0.2) is 0 Å². The van der Waals surface area contributed by atoms with Crippen molar-refractivity contribution < 1.29 is 9.53 Å². The lowest BCUT2D eigenvalue weighted by atomic mass is 9.49. The molecule has 2 nitrogen and oxygen atoms in total. The molecule has 0 aromatic carbocycles. The van der Waals surface area contributed by atoms with E-state index < -0.39 is 0 Å². The van der Waals surface area contributed by atoms with Crippen molar-refractivity contribution in [3.05, 3.63) is 0 Å². The predicted molar refractivity (Wildman–Crippen MR) is 96.4 cm³/mol. The molecule has 0 heterocycles. The van der Waals surface area contributed by atoms with Crippen LogP contribution in [0.2, 0.25) is 0 Å². The van der Waals surface area contributed by atoms with Crippen LogP contribution < -0.4 is 0 Å². The van der Waals surface area contributed by atoms with E-state index in [9.17, 15) is 4.79 Å². The van der Waals surface area contributed by atoms with E-state index in [2.05, 4.69) is 27.7 Å². The number of ether oxygens (including phenoxy) is 1. The minimum Gasteiger partial charge on any atom is -0.458 e. The van der Waals surface area contributed by atoms with Gasteiger partial charge in [-0.2, -0.15) is 0 Å². The fraction of sp³-hybridized carbons (Fsp3) is 0.955. The Morgan fingerprint density at radius 1 is 1.08 bits per heavy atom. The van der Waals surface area contributed by atoms with Gasteiger partial charge in [-0.3, -0.25) is 4.79 Å². The Bertz CT molecular complexity index is 480. The lowest BCUT2D eigenvalue weighted by Gasteiger charge is -2.61. The molecule has 0 N–H and O–H groups in total. The van der Waals surface area contributed by atoms with Gasteiger partial charge in [0.25, 0.3) is 0 Å². The number of hydrogen-bond acceptors (Lipinski definition) is 2. The monoisotopic (exact) mass is 332 g/mol. The summed E-state index contributed by atoms with van der Waals surface area (Å²) in [6.07, 6.45) is 11.0. The first kappa shape index (κ1) is 16.9. The molecule has 0 saturated heterocycles. The normalized spacial score (nSPS) is 49.3. The van der Waals surface area contributed by atoms with Crippen LogP contribution in [0.25, 0.3) is 0 Å². The summed E-state index contributed by atoms with van der Waals surface area (Å²) in [5.74, 6) is 4.39. The Hall–Kier alpha value is -0.530. The van der Waals surface area contributed by atoms with E-state index in [1.54, 1.807) is 0 Å². The molecule has 4 bridgehead atoms. The zero-order valence-electron chi connectivity index (χ0n) is 16.1. The molecule has 2 atom stereocenters. The van der Waals surface area contributed by atoms with Crippen LogP contribution in [0.15, 0.2) is 0 Å². The van der Waals surface area contributed by atoms with E-state index in [4.69, 9.17) is 4.74 Å². The summed E-state index contributed by atoms with van der Waals surface area (Å²) in [7, 11) is 0. The highest BCUT2D eigenvalue weighted by molar-refractivity contribution is 5.79. The molecule has 2 heteroatoms. The van der Waals surface area contributed by atoms with Crippen LogP contribution in [-0.4, -0.2) is 11.6 Å². The predicted octanol–water partition coefficient (Wildman–Crippen LogP) is 5.60. The largest absolute Gasteiger partial charge is 0.458 e. The van der Waals surface area contributed by atoms with Crippen molar-refractivity contribution in [2.45, 2.75) is 91.1 Å². The van der Waals surface area contributed by atoms with Crippen molar-refractivity contribution in [2.75, 3.05) is 0 Å². The molecule has 0 radical (unpaired) electrons. The molecule has 0 aromatic rings. The molecule has 136 valence electrons. The molecule has 0 aromatic heterocycles. The topological polar surface area (TPSA) is 26.3 Å². The van der Waals surface area contributed by atoms with Crippen LogP contribution in [0.5, 0.6) is 0 Å². The lowest BCUT2D eigenvalue weighted by molar-refractivity contribution is -0.228. The first-order valence-corrected chi connectivity index (χ1v) is 10.6. The lowest BCUT2D eigenvalue weighted by Crippen LogP contribution is -2.61. The molecule has 5 aliphatic rings. The molecule has 2 unspecified atom stereocenters. The third-order valence-electron chi connectivity index (χ3n) is 8.50. The van der Waals surface area contributed by atoms with Gasteiger partial charge in [-0.1, -0.05) is 27.7 Å². The fourth-order valence-electron chi connectivity index (χ4n) is 7.27. The third kappa shape index (κ3) is 2.31. The summed E-state index contributed by atoms with van der Waals surface area (Å²) < 4.78 is 6.60. The van der Waals surface area contributed by atoms with Gasteiger partial charge in [0, 0.05) is 0 Å². The molecule has 0 aliphatic heterocycles. The van der Waals surface area contributed by atoms with E-state index >= 15 is 0 Å². The number of hydrogen-bond donors (Lipinski definition) is 0. The summed E-state index contributed by atoms with van der Waals surface area (Å²) in [5, 5.41) is 0. The summed E-state index contributed by atoms with van der Waals surface area (Å²) in [4.78, 5) is 13.4. The van der Waals surface area contributed by atoms with Crippen molar-refractivity contribution in [3.63, 3.8) is 0 Å². The average molecular weight is 333 g/mol. The van der Waals surface area contributed by atoms with Crippen molar-refractivity contribution >= 4 is 5.97 Å². The zero-order valence-corrected chi connectivity index (χ0v) is 16.1. The highest BCUT2D eigenvalue weighted by atomic mass is 16.6. The maximum Gasteiger partial charge on any atom is 0.312 e. The Labute approximate surface area is 148 Å². The summed E-state index contributed by atoms with van der Waals surface area (Å²) in [5.41, 5.74) is -0.297. The van der Waals surface area contributed by atoms with Gasteiger partial charge in [0.15, 0.2) is 0 Å². The van der Waals surface area contributed by atoms with Crippen molar-refractivity contribution in [2.24, 2.45) is 40.9 Å². The number of carbonyl (C=O) groups excluding carboxylic acids is 1. The van der Waals surface area contributed by atoms with Crippen LogP contribution in [0.1, 0.15) is 85.5 Å². The molecule has 5 fully saturated rings. The Morgan fingerprint density at radius 2 is 1.67 bits per heavy atom. The smallest absolute Gasteiger partial charge is 0.312 e. The number of carbonyl (C=O) groups is 1. The Kier molecular flexibility index (Phi) is 4.05. The first-order valence-electron chi connectivity index (χ1n) is 10.6. The maximum absolute atomic E-state index is 13.4. The zero-order chi connectivity index (χ0) is 17.1. The average Bonchev–Trinajstić information content (AvgIpc) is 2.53. The molecule has 5 aliphatic carbocycles. The second kappa shape index (κ2) is 5.74. The van der Waals surface area contributed by atoms with Crippen molar-refractivity contribution in [1.29, 1.82) is 0 Å². The standard InChI is InChI=1S/C22H36O2/c1-5-22(18-9-16-8-17(11-18)12-19(22)10-16)24-20(23)21(13-14(2)3)7-6-15(21)4/h14-19H,5-13H2,1-4H3. The van der Waals surface area contributed by atoms with E-state index in [1.807, 2.05) is 0 Å². The van der Waals surface area contributed by atoms with Crippen LogP contribution in [0.4, 0.5) is 0 Å². The third-order valence-corrected chi connectivity index (χ3v) is 8.50. The van der Waals surface area contributed by atoms with E-state index in [0.717, 1.165) is 31.1 Å². The molecule has 0 spiro atoms. The van der Waals surface area contributed by atoms with Gasteiger partial charge < -0.3 is 4.74 Å². The fourth-order valence-corrected chi connectivity index (χ4v) is 7.27. The van der Waals surface area contributed by atoms with Gasteiger partial charge >= 0.3 is 5.97 Å². The van der Waals surface area contributed by atoms with E-state index in [-0.39, 0.29) is 17.0 Å². The highest BCUT2D eigenvalue weighted by Crippen LogP contribution is 2.62. The van der Waals surface area contributed by atoms with Gasteiger partial charge in [0.05, 0.1) is 5.41 Å². The van der Waals surface area contributed by atoms with E-state index in [0.29, 0.717) is 23.7 Å². The molecule has 5 rings (SSSR count). The van der Waals surface area contributed by atoms with Gasteiger partial charge in [-0.15, -0.1) is 0 Å². The molecule has 24 heavy (non-hydrogen) atoms. The van der Waals surface area contributed by atoms with Crippen molar-refractivity contribution in [1.82, 2.24) is 0 Å². The summed E-state index contributed by atoms with van der Waals surface area (Å²) in [6, 6.07) is 0. The summed E-state index contributed by atoms with van der Waals surface area (Å²) >= 11 is 0. The molecule has 0 amide bonds. The van der Waals surface area contributed by atoms with Crippen molar-refractivity contribution in [3.8, 4) is 0 Å². The molecular formula is C22H36O2. The van der Waals surface area contributed by atoms with Crippen LogP contribution >= 0.6 is 0 Å². The first-order chi connectivity index (χ1) is 11.4. The Morgan fingerprint density at radius 3 is 2.04 bits per heavy atom. The van der Waals surface area contributed by atoms with Gasteiger partial charge in [0.1, 0.15) is 5.60 Å². The second-order valence-electron chi connectivity index (χ2n) is 10.2. The minimum absolute atomic E-state index is 0.121.